The Balaban J connectivity index is 2.29. The maximum atomic E-state index is 12.5. The van der Waals surface area contributed by atoms with E-state index in [0.717, 1.165) is 23.3 Å². The average Bonchev–Trinajstić information content (AvgIpc) is 2.89. The van der Waals surface area contributed by atoms with Crippen molar-refractivity contribution < 1.29 is 8.42 Å². The average molecular weight is 339 g/mol. The highest BCUT2D eigenvalue weighted by Crippen LogP contribution is 2.29. The molecule has 1 saturated heterocycles. The molecule has 0 spiro atoms. The Bertz CT molecular complexity index is 480. The predicted molar refractivity (Wildman–Crippen MR) is 72.9 cm³/mol. The standard InChI is InChI=1S/C10H15BrN2O2S2/c1-2-13(8-5-6-12-7-8)17(14,15)10-4-3-9(11)16-10/h3-4,8,12H,2,5-7H2,1H3. The SMILES string of the molecule is CCN(C1CCNC1)S(=O)(=O)c1ccc(Br)s1. The summed E-state index contributed by atoms with van der Waals surface area (Å²) in [5.74, 6) is 0. The summed E-state index contributed by atoms with van der Waals surface area (Å²) in [6.07, 6.45) is 0.889. The zero-order valence-electron chi connectivity index (χ0n) is 9.52. The third-order valence-electron chi connectivity index (χ3n) is 2.86. The van der Waals surface area contributed by atoms with Gasteiger partial charge in [-0.05, 0) is 41.0 Å². The Morgan fingerprint density at radius 2 is 2.35 bits per heavy atom. The Morgan fingerprint density at radius 3 is 2.82 bits per heavy atom. The van der Waals surface area contributed by atoms with Crippen molar-refractivity contribution >= 4 is 37.3 Å². The van der Waals surface area contributed by atoms with Crippen LogP contribution in [0, 0.1) is 0 Å². The van der Waals surface area contributed by atoms with Crippen LogP contribution in [0.2, 0.25) is 0 Å². The first-order valence-electron chi connectivity index (χ1n) is 5.53. The molecule has 7 heteroatoms. The van der Waals surface area contributed by atoms with Gasteiger partial charge in [-0.15, -0.1) is 11.3 Å². The first-order valence-corrected chi connectivity index (χ1v) is 8.58. The van der Waals surface area contributed by atoms with Gasteiger partial charge in [0.05, 0.1) is 3.79 Å². The summed E-state index contributed by atoms with van der Waals surface area (Å²) in [7, 11) is -3.33. The van der Waals surface area contributed by atoms with Crippen molar-refractivity contribution in [1.29, 1.82) is 0 Å². The number of nitrogens with one attached hydrogen (secondary N) is 1. The van der Waals surface area contributed by atoms with Crippen LogP contribution in [0.5, 0.6) is 0 Å². The summed E-state index contributed by atoms with van der Waals surface area (Å²) < 4.78 is 27.8. The van der Waals surface area contributed by atoms with Crippen molar-refractivity contribution in [2.75, 3.05) is 19.6 Å². The lowest BCUT2D eigenvalue weighted by molar-refractivity contribution is 0.349. The molecule has 1 N–H and O–H groups in total. The Labute approximate surface area is 114 Å². The van der Waals surface area contributed by atoms with Gasteiger partial charge in [0.1, 0.15) is 4.21 Å². The van der Waals surface area contributed by atoms with Gasteiger partial charge in [0, 0.05) is 19.1 Å². The van der Waals surface area contributed by atoms with Gasteiger partial charge in [-0.3, -0.25) is 0 Å². The van der Waals surface area contributed by atoms with Gasteiger partial charge in [-0.25, -0.2) is 8.42 Å². The van der Waals surface area contributed by atoms with Crippen molar-refractivity contribution in [3.05, 3.63) is 15.9 Å². The van der Waals surface area contributed by atoms with E-state index in [1.165, 1.54) is 11.3 Å². The molecule has 2 rings (SSSR count). The lowest BCUT2D eigenvalue weighted by Gasteiger charge is -2.25. The second kappa shape index (κ2) is 5.36. The van der Waals surface area contributed by atoms with Crippen molar-refractivity contribution in [3.63, 3.8) is 0 Å². The Hall–Kier alpha value is 0.0500. The van der Waals surface area contributed by atoms with E-state index in [1.54, 1.807) is 16.4 Å². The summed E-state index contributed by atoms with van der Waals surface area (Å²) in [5, 5.41) is 3.20. The molecule has 1 aromatic rings. The van der Waals surface area contributed by atoms with Crippen LogP contribution in [0.1, 0.15) is 13.3 Å². The van der Waals surface area contributed by atoms with Crippen LogP contribution >= 0.6 is 27.3 Å². The molecule has 1 fully saturated rings. The van der Waals surface area contributed by atoms with E-state index >= 15 is 0 Å². The van der Waals surface area contributed by atoms with E-state index in [1.807, 2.05) is 6.92 Å². The molecule has 4 nitrogen and oxygen atoms in total. The minimum Gasteiger partial charge on any atom is -0.315 e. The molecule has 1 aromatic heterocycles. The van der Waals surface area contributed by atoms with Crippen LogP contribution in [0.15, 0.2) is 20.1 Å². The zero-order valence-corrected chi connectivity index (χ0v) is 12.7. The molecular weight excluding hydrogens is 324 g/mol. The number of thiophene rings is 1. The van der Waals surface area contributed by atoms with Gasteiger partial charge in [-0.1, -0.05) is 6.92 Å². The summed E-state index contributed by atoms with van der Waals surface area (Å²) in [6, 6.07) is 3.53. The van der Waals surface area contributed by atoms with Gasteiger partial charge < -0.3 is 5.32 Å². The first-order chi connectivity index (χ1) is 8.05. The van der Waals surface area contributed by atoms with Gasteiger partial charge in [0.25, 0.3) is 10.0 Å². The normalized spacial score (nSPS) is 21.2. The molecular formula is C10H15BrN2O2S2. The van der Waals surface area contributed by atoms with E-state index in [2.05, 4.69) is 21.2 Å². The molecule has 1 aliphatic heterocycles. The molecule has 96 valence electrons. The summed E-state index contributed by atoms with van der Waals surface area (Å²) in [5.41, 5.74) is 0. The minimum absolute atomic E-state index is 0.0888. The van der Waals surface area contributed by atoms with E-state index in [-0.39, 0.29) is 6.04 Å². The van der Waals surface area contributed by atoms with Gasteiger partial charge >= 0.3 is 0 Å². The molecule has 17 heavy (non-hydrogen) atoms. The maximum absolute atomic E-state index is 12.5. The van der Waals surface area contributed by atoms with Gasteiger partial charge in [0.2, 0.25) is 0 Å². The maximum Gasteiger partial charge on any atom is 0.252 e. The largest absolute Gasteiger partial charge is 0.315 e. The third kappa shape index (κ3) is 2.73. The van der Waals surface area contributed by atoms with Gasteiger partial charge in [0.15, 0.2) is 0 Å². The number of likely N-dealkylation sites (N-methyl/N-ethyl adjacent to an activating group) is 1. The van der Waals surface area contributed by atoms with E-state index in [4.69, 9.17) is 0 Å². The number of nitrogens with zero attached hydrogens (tertiary/aromatic N) is 1. The summed E-state index contributed by atoms with van der Waals surface area (Å²) in [4.78, 5) is 0. The van der Waals surface area contributed by atoms with Crippen LogP contribution in [0.25, 0.3) is 0 Å². The summed E-state index contributed by atoms with van der Waals surface area (Å²) in [6.45, 7) is 4.05. The number of sulfonamides is 1. The lowest BCUT2D eigenvalue weighted by Crippen LogP contribution is -2.41. The lowest BCUT2D eigenvalue weighted by atomic mass is 10.3. The van der Waals surface area contributed by atoms with Crippen molar-refractivity contribution in [3.8, 4) is 0 Å². The van der Waals surface area contributed by atoms with Crippen molar-refractivity contribution in [2.24, 2.45) is 0 Å². The van der Waals surface area contributed by atoms with Crippen molar-refractivity contribution in [1.82, 2.24) is 9.62 Å². The molecule has 2 heterocycles. The minimum atomic E-state index is -3.33. The number of hydrogen-bond acceptors (Lipinski definition) is 4. The van der Waals surface area contributed by atoms with E-state index < -0.39 is 10.0 Å². The van der Waals surface area contributed by atoms with E-state index in [9.17, 15) is 8.42 Å². The third-order valence-corrected chi connectivity index (χ3v) is 6.98. The fourth-order valence-electron chi connectivity index (χ4n) is 2.06. The van der Waals surface area contributed by atoms with E-state index in [0.29, 0.717) is 10.8 Å². The molecule has 0 saturated carbocycles. The Kier molecular flexibility index (Phi) is 4.25. The highest BCUT2D eigenvalue weighted by molar-refractivity contribution is 9.11. The topological polar surface area (TPSA) is 49.4 Å². The number of rotatable bonds is 4. The Morgan fingerprint density at radius 1 is 1.59 bits per heavy atom. The zero-order chi connectivity index (χ0) is 12.5. The second-order valence-electron chi connectivity index (χ2n) is 3.91. The first kappa shape index (κ1) is 13.5. The number of hydrogen-bond donors (Lipinski definition) is 1. The van der Waals surface area contributed by atoms with Crippen LogP contribution in [-0.2, 0) is 10.0 Å². The van der Waals surface area contributed by atoms with Crippen molar-refractivity contribution in [2.45, 2.75) is 23.6 Å². The highest BCUT2D eigenvalue weighted by atomic mass is 79.9. The monoisotopic (exact) mass is 338 g/mol. The molecule has 0 aliphatic carbocycles. The molecule has 0 aromatic carbocycles. The molecule has 1 aliphatic rings. The van der Waals surface area contributed by atoms with Crippen LogP contribution in [0.3, 0.4) is 0 Å². The smallest absolute Gasteiger partial charge is 0.252 e. The predicted octanol–water partition coefficient (Wildman–Crippen LogP) is 1.88. The van der Waals surface area contributed by atoms with Gasteiger partial charge in [-0.2, -0.15) is 4.31 Å². The molecule has 0 radical (unpaired) electrons. The molecule has 1 unspecified atom stereocenters. The second-order valence-corrected chi connectivity index (χ2v) is 8.49. The van der Waals surface area contributed by atoms with Crippen LogP contribution < -0.4 is 5.32 Å². The molecule has 0 bridgehead atoms. The van der Waals surface area contributed by atoms with Crippen LogP contribution in [-0.4, -0.2) is 38.4 Å². The quantitative estimate of drug-likeness (QED) is 0.911. The molecule has 1 atom stereocenters. The fraction of sp³-hybridized carbons (Fsp3) is 0.600. The highest BCUT2D eigenvalue weighted by Gasteiger charge is 2.32. The molecule has 0 amide bonds. The fourth-order valence-corrected chi connectivity index (χ4v) is 5.86. The number of halogens is 1. The summed E-state index contributed by atoms with van der Waals surface area (Å²) >= 11 is 4.57. The van der Waals surface area contributed by atoms with Crippen LogP contribution in [0.4, 0.5) is 0 Å².